The molecule has 1 aliphatic carbocycles. The topological polar surface area (TPSA) is 109 Å². The first-order valence-corrected chi connectivity index (χ1v) is 12.9. The van der Waals surface area contributed by atoms with E-state index in [1.54, 1.807) is 20.1 Å². The van der Waals surface area contributed by atoms with Crippen molar-refractivity contribution in [1.29, 1.82) is 0 Å². The number of fused-ring (bicyclic) bond motifs is 1. The molecule has 1 aromatic heterocycles. The van der Waals surface area contributed by atoms with Crippen molar-refractivity contribution in [2.24, 2.45) is 0 Å². The molecule has 0 bridgehead atoms. The molecule has 0 aliphatic heterocycles. The number of carbonyl (C=O) groups is 1. The molecule has 0 fully saturated rings. The monoisotopic (exact) mass is 502 g/mol. The van der Waals surface area contributed by atoms with Crippen LogP contribution in [0.4, 0.5) is 10.5 Å². The van der Waals surface area contributed by atoms with Crippen molar-refractivity contribution < 1.29 is 22.7 Å². The number of hydrogen-bond donors (Lipinski definition) is 3. The number of phenols is 1. The van der Waals surface area contributed by atoms with Gasteiger partial charge in [-0.1, -0.05) is 41.9 Å². The Morgan fingerprint density at radius 3 is 2.65 bits per heavy atom. The van der Waals surface area contributed by atoms with Crippen LogP contribution in [0.1, 0.15) is 49.6 Å². The van der Waals surface area contributed by atoms with E-state index in [0.717, 1.165) is 24.0 Å². The first-order valence-electron chi connectivity index (χ1n) is 11.0. The summed E-state index contributed by atoms with van der Waals surface area (Å²) in [7, 11) is -4.08. The van der Waals surface area contributed by atoms with Crippen molar-refractivity contribution in [3.63, 3.8) is 0 Å². The number of aromatic hydroxyl groups is 1. The maximum atomic E-state index is 13.6. The van der Waals surface area contributed by atoms with E-state index in [-0.39, 0.29) is 23.2 Å². The minimum absolute atomic E-state index is 0.0496. The van der Waals surface area contributed by atoms with Crippen molar-refractivity contribution in [3.8, 4) is 5.75 Å². The molecule has 1 heterocycles. The van der Waals surface area contributed by atoms with Gasteiger partial charge >= 0.3 is 6.03 Å². The summed E-state index contributed by atoms with van der Waals surface area (Å²) in [6, 6.07) is 12.9. The quantitative estimate of drug-likeness (QED) is 0.378. The van der Waals surface area contributed by atoms with E-state index >= 15 is 0 Å². The van der Waals surface area contributed by atoms with Crippen LogP contribution in [0.5, 0.6) is 5.75 Å². The number of sulfone groups is 1. The van der Waals surface area contributed by atoms with E-state index in [0.29, 0.717) is 12.2 Å². The van der Waals surface area contributed by atoms with Gasteiger partial charge in [-0.25, -0.2) is 13.2 Å². The highest BCUT2D eigenvalue weighted by molar-refractivity contribution is 7.93. The van der Waals surface area contributed by atoms with Crippen LogP contribution in [0.2, 0.25) is 5.02 Å². The summed E-state index contributed by atoms with van der Waals surface area (Å²) >= 11 is 6.25. The molecule has 0 saturated heterocycles. The lowest BCUT2D eigenvalue weighted by molar-refractivity contribution is 0.244. The number of hydrogen-bond acceptors (Lipinski definition) is 5. The molecule has 0 radical (unpaired) electrons. The number of benzene rings is 2. The molecule has 7 nitrogen and oxygen atoms in total. The van der Waals surface area contributed by atoms with Crippen molar-refractivity contribution in [2.45, 2.75) is 55.2 Å². The Hall–Kier alpha value is -2.97. The Morgan fingerprint density at radius 1 is 1.18 bits per heavy atom. The van der Waals surface area contributed by atoms with Crippen molar-refractivity contribution in [3.05, 3.63) is 76.7 Å². The first-order chi connectivity index (χ1) is 16.1. The van der Waals surface area contributed by atoms with E-state index in [1.165, 1.54) is 12.1 Å². The maximum Gasteiger partial charge on any atom is 0.319 e. The summed E-state index contributed by atoms with van der Waals surface area (Å²) in [6.45, 7) is 3.17. The third-order valence-corrected chi connectivity index (χ3v) is 9.12. The van der Waals surface area contributed by atoms with Gasteiger partial charge in [0.1, 0.15) is 10.7 Å². The Bertz CT molecular complexity index is 1300. The van der Waals surface area contributed by atoms with Crippen molar-refractivity contribution >= 4 is 33.2 Å². The summed E-state index contributed by atoms with van der Waals surface area (Å²) < 4.78 is 31.4. The second kappa shape index (κ2) is 9.35. The largest absolute Gasteiger partial charge is 0.504 e. The number of carbonyl (C=O) groups excluding carboxylic acids is 1. The molecular weight excluding hydrogens is 476 g/mol. The predicted octanol–water partition coefficient (Wildman–Crippen LogP) is 5.63. The fourth-order valence-corrected chi connectivity index (χ4v) is 6.36. The van der Waals surface area contributed by atoms with E-state index in [2.05, 4.69) is 10.6 Å². The fourth-order valence-electron chi connectivity index (χ4n) is 4.30. The smallest absolute Gasteiger partial charge is 0.319 e. The predicted molar refractivity (Wildman–Crippen MR) is 131 cm³/mol. The van der Waals surface area contributed by atoms with Gasteiger partial charge in [0, 0.05) is 0 Å². The second-order valence-electron chi connectivity index (χ2n) is 9.05. The Kier molecular flexibility index (Phi) is 6.64. The van der Waals surface area contributed by atoms with Gasteiger partial charge in [-0.2, -0.15) is 0 Å². The Labute approximate surface area is 204 Å². The number of halogens is 1. The SMILES string of the molecule is CC(C)(Cc1ccccc1)S(=O)(=O)c1c(Cl)ccc(NC(=O)N[C@@H]2CCCc3ccoc32)c1O. The van der Waals surface area contributed by atoms with E-state index in [1.807, 2.05) is 36.4 Å². The standard InChI is InChI=1S/C25H27ClN2O5S/c1-25(2,15-16-7-4-3-5-8-16)34(31,32)23-18(26)11-12-19(21(23)29)27-24(30)28-20-10-6-9-17-13-14-33-22(17)20/h3-5,7-8,11-14,20,29H,6,9-10,15H2,1-2H3,(H2,27,28,30)/t20-/m1/s1. The van der Waals surface area contributed by atoms with Gasteiger partial charge < -0.3 is 20.2 Å². The van der Waals surface area contributed by atoms with Crippen LogP contribution in [0, 0.1) is 0 Å². The zero-order valence-corrected chi connectivity index (χ0v) is 20.5. The van der Waals surface area contributed by atoms with Gasteiger partial charge in [-0.3, -0.25) is 0 Å². The molecule has 3 N–H and O–H groups in total. The minimum atomic E-state index is -4.08. The van der Waals surface area contributed by atoms with Crippen LogP contribution in [0.25, 0.3) is 0 Å². The van der Waals surface area contributed by atoms with Gasteiger partial charge in [0.05, 0.1) is 27.8 Å². The molecule has 1 atom stereocenters. The first kappa shape index (κ1) is 24.2. The number of furan rings is 1. The molecule has 1 aliphatic rings. The highest BCUT2D eigenvalue weighted by Gasteiger charge is 2.40. The molecular formula is C25H27ClN2O5S. The number of urea groups is 1. The van der Waals surface area contributed by atoms with Crippen molar-refractivity contribution in [1.82, 2.24) is 5.32 Å². The van der Waals surface area contributed by atoms with E-state index in [9.17, 15) is 18.3 Å². The summed E-state index contributed by atoms with van der Waals surface area (Å²) in [6.07, 6.45) is 4.33. The summed E-state index contributed by atoms with van der Waals surface area (Å²) in [5.41, 5.74) is 1.84. The number of nitrogens with one attached hydrogen (secondary N) is 2. The molecule has 2 amide bonds. The maximum absolute atomic E-state index is 13.6. The number of rotatable bonds is 6. The Morgan fingerprint density at radius 2 is 1.91 bits per heavy atom. The highest BCUT2D eigenvalue weighted by Crippen LogP contribution is 2.42. The van der Waals surface area contributed by atoms with E-state index < -0.39 is 31.3 Å². The zero-order chi connectivity index (χ0) is 24.5. The number of aryl methyl sites for hydroxylation is 1. The number of amides is 2. The Balaban J connectivity index is 1.58. The molecule has 4 rings (SSSR count). The molecule has 0 spiro atoms. The van der Waals surface area contributed by atoms with Crippen LogP contribution in [0.3, 0.4) is 0 Å². The van der Waals surface area contributed by atoms with Gasteiger partial charge in [0.2, 0.25) is 0 Å². The third-order valence-electron chi connectivity index (χ3n) is 6.14. The average Bonchev–Trinajstić information content (AvgIpc) is 3.26. The molecule has 0 saturated carbocycles. The lowest BCUT2D eigenvalue weighted by Gasteiger charge is -2.27. The van der Waals surface area contributed by atoms with Gasteiger partial charge in [0.25, 0.3) is 0 Å². The van der Waals surface area contributed by atoms with Gasteiger partial charge in [0.15, 0.2) is 15.6 Å². The summed E-state index contributed by atoms with van der Waals surface area (Å²) in [5.74, 6) is 0.124. The van der Waals surface area contributed by atoms with Crippen LogP contribution in [-0.4, -0.2) is 24.3 Å². The van der Waals surface area contributed by atoms with Gasteiger partial charge in [-0.05, 0) is 68.9 Å². The fraction of sp³-hybridized carbons (Fsp3) is 0.320. The van der Waals surface area contributed by atoms with Crippen molar-refractivity contribution in [2.75, 3.05) is 5.32 Å². The number of phenolic OH excluding ortho intramolecular Hbond substituents is 1. The second-order valence-corrected chi connectivity index (χ2v) is 12.0. The van der Waals surface area contributed by atoms with Crippen LogP contribution in [-0.2, 0) is 22.7 Å². The van der Waals surface area contributed by atoms with Gasteiger partial charge in [-0.15, -0.1) is 0 Å². The zero-order valence-electron chi connectivity index (χ0n) is 19.0. The normalized spacial score (nSPS) is 16.0. The van der Waals surface area contributed by atoms with E-state index in [4.69, 9.17) is 16.0 Å². The highest BCUT2D eigenvalue weighted by atomic mass is 35.5. The van der Waals surface area contributed by atoms with Crippen LogP contribution >= 0.6 is 11.6 Å². The van der Waals surface area contributed by atoms with Crippen LogP contribution < -0.4 is 10.6 Å². The molecule has 180 valence electrons. The van der Waals surface area contributed by atoms with Crippen LogP contribution in [0.15, 0.2) is 64.1 Å². The minimum Gasteiger partial charge on any atom is -0.504 e. The molecule has 34 heavy (non-hydrogen) atoms. The summed E-state index contributed by atoms with van der Waals surface area (Å²) in [5, 5.41) is 16.2. The summed E-state index contributed by atoms with van der Waals surface area (Å²) in [4.78, 5) is 12.3. The molecule has 9 heteroatoms. The molecule has 3 aromatic rings. The third kappa shape index (κ3) is 4.65. The lowest BCUT2D eigenvalue weighted by atomic mass is 9.94. The lowest BCUT2D eigenvalue weighted by Crippen LogP contribution is -2.35. The average molecular weight is 503 g/mol. The number of anilines is 1. The molecule has 2 aromatic carbocycles. The molecule has 0 unspecified atom stereocenters.